The Labute approximate surface area is 76.9 Å². The molecule has 0 spiro atoms. The first-order valence-corrected chi connectivity index (χ1v) is 4.44. The fourth-order valence-electron chi connectivity index (χ4n) is 1.57. The van der Waals surface area contributed by atoms with E-state index in [2.05, 4.69) is 26.1 Å². The molecule has 0 atom stereocenters. The first-order chi connectivity index (χ1) is 5.86. The third kappa shape index (κ3) is 0.634. The molecule has 1 aliphatic carbocycles. The van der Waals surface area contributed by atoms with E-state index in [0.717, 1.165) is 22.3 Å². The van der Waals surface area contributed by atoms with Gasteiger partial charge in [-0.15, -0.1) is 0 Å². The van der Waals surface area contributed by atoms with Gasteiger partial charge in [0.05, 0.1) is 10.7 Å². The second-order valence-electron chi connectivity index (χ2n) is 2.84. The van der Waals surface area contributed by atoms with Crippen molar-refractivity contribution >= 4 is 15.9 Å². The van der Waals surface area contributed by atoms with Crippen LogP contribution in [0.4, 0.5) is 0 Å². The Morgan fingerprint density at radius 3 is 3.42 bits per heavy atom. The van der Waals surface area contributed by atoms with Crippen LogP contribution in [0.5, 0.6) is 0 Å². The summed E-state index contributed by atoms with van der Waals surface area (Å²) in [5, 5.41) is 6.87. The van der Waals surface area contributed by atoms with Gasteiger partial charge in [0.1, 0.15) is 12.0 Å². The predicted octanol–water partition coefficient (Wildman–Crippen LogP) is 2.34. The number of aromatic nitrogens is 2. The van der Waals surface area contributed by atoms with Crippen LogP contribution < -0.4 is 0 Å². The van der Waals surface area contributed by atoms with Crippen molar-refractivity contribution in [3.05, 3.63) is 28.1 Å². The van der Waals surface area contributed by atoms with Crippen molar-refractivity contribution in [3.8, 4) is 11.5 Å². The molecule has 0 aliphatic heterocycles. The smallest absolute Gasteiger partial charge is 0.156 e. The molecule has 1 aliphatic rings. The van der Waals surface area contributed by atoms with Crippen LogP contribution in [0.2, 0.25) is 0 Å². The summed E-state index contributed by atoms with van der Waals surface area (Å²) in [4.78, 5) is 0. The Balaban J connectivity index is 2.34. The minimum atomic E-state index is 0.915. The average Bonchev–Trinajstić information content (AvgIpc) is 2.63. The molecule has 0 fully saturated rings. The van der Waals surface area contributed by atoms with Crippen LogP contribution >= 0.6 is 15.9 Å². The molecule has 0 saturated carbocycles. The lowest BCUT2D eigenvalue weighted by atomic mass is 10.2. The van der Waals surface area contributed by atoms with E-state index in [-0.39, 0.29) is 0 Å². The number of nitrogens with zero attached hydrogens (tertiary/aromatic N) is 1. The van der Waals surface area contributed by atoms with E-state index < -0.39 is 0 Å². The maximum atomic E-state index is 5.37. The predicted molar refractivity (Wildman–Crippen MR) is 46.8 cm³/mol. The minimum Gasteiger partial charge on any atom is -0.461 e. The number of nitrogens with one attached hydrogen (secondary N) is 1. The van der Waals surface area contributed by atoms with Crippen molar-refractivity contribution in [2.75, 3.05) is 0 Å². The number of fused-ring (bicyclic) bond motifs is 3. The van der Waals surface area contributed by atoms with E-state index in [0.29, 0.717) is 0 Å². The van der Waals surface area contributed by atoms with Crippen LogP contribution in [0.1, 0.15) is 11.1 Å². The molecular formula is C8H5BrN2O. The third-order valence-electron chi connectivity index (χ3n) is 2.15. The molecule has 0 aromatic carbocycles. The Morgan fingerprint density at radius 2 is 2.50 bits per heavy atom. The zero-order valence-corrected chi connectivity index (χ0v) is 7.68. The number of halogens is 1. The number of aromatic amines is 1. The van der Waals surface area contributed by atoms with Gasteiger partial charge < -0.3 is 4.42 Å². The maximum absolute atomic E-state index is 5.37. The highest BCUT2D eigenvalue weighted by Crippen LogP contribution is 2.39. The fourth-order valence-corrected chi connectivity index (χ4v) is 1.98. The van der Waals surface area contributed by atoms with Crippen molar-refractivity contribution in [1.82, 2.24) is 10.2 Å². The van der Waals surface area contributed by atoms with Crippen molar-refractivity contribution in [3.63, 3.8) is 0 Å². The zero-order chi connectivity index (χ0) is 8.13. The summed E-state index contributed by atoms with van der Waals surface area (Å²) in [5.74, 6) is 0.925. The molecular weight excluding hydrogens is 220 g/mol. The molecule has 60 valence electrons. The van der Waals surface area contributed by atoms with Crippen molar-refractivity contribution in [2.45, 2.75) is 6.42 Å². The van der Waals surface area contributed by atoms with Gasteiger partial charge >= 0.3 is 0 Å². The zero-order valence-electron chi connectivity index (χ0n) is 6.10. The Kier molecular flexibility index (Phi) is 1.09. The summed E-state index contributed by atoms with van der Waals surface area (Å²) >= 11 is 3.43. The molecule has 0 unspecified atom stereocenters. The fraction of sp³-hybridized carbons (Fsp3) is 0.125. The van der Waals surface area contributed by atoms with Gasteiger partial charge in [0, 0.05) is 17.5 Å². The Morgan fingerprint density at radius 1 is 1.58 bits per heavy atom. The summed E-state index contributed by atoms with van der Waals surface area (Å²) < 4.78 is 6.42. The highest BCUT2D eigenvalue weighted by Gasteiger charge is 2.25. The van der Waals surface area contributed by atoms with E-state index in [1.165, 1.54) is 11.1 Å². The van der Waals surface area contributed by atoms with Crippen molar-refractivity contribution in [2.24, 2.45) is 0 Å². The van der Waals surface area contributed by atoms with Crippen molar-refractivity contribution < 1.29 is 4.42 Å². The maximum Gasteiger partial charge on any atom is 0.156 e. The average molecular weight is 225 g/mol. The number of rotatable bonds is 0. The van der Waals surface area contributed by atoms with Gasteiger partial charge in [0.15, 0.2) is 5.76 Å². The van der Waals surface area contributed by atoms with Gasteiger partial charge in [0.25, 0.3) is 0 Å². The topological polar surface area (TPSA) is 41.8 Å². The highest BCUT2D eigenvalue weighted by molar-refractivity contribution is 9.10. The van der Waals surface area contributed by atoms with Crippen LogP contribution in [0.3, 0.4) is 0 Å². The summed E-state index contributed by atoms with van der Waals surface area (Å²) in [6, 6.07) is 0. The normalized spacial score (nSPS) is 13.1. The third-order valence-corrected chi connectivity index (χ3v) is 2.82. The Bertz CT molecular complexity index is 444. The minimum absolute atomic E-state index is 0.915. The van der Waals surface area contributed by atoms with Gasteiger partial charge in [-0.25, -0.2) is 0 Å². The Hall–Kier alpha value is -1.03. The van der Waals surface area contributed by atoms with Crippen LogP contribution in [0, 0.1) is 0 Å². The monoisotopic (exact) mass is 224 g/mol. The molecule has 3 nitrogen and oxygen atoms in total. The molecule has 12 heavy (non-hydrogen) atoms. The van der Waals surface area contributed by atoms with Gasteiger partial charge in [0.2, 0.25) is 0 Å². The van der Waals surface area contributed by atoms with E-state index in [1.54, 1.807) is 6.26 Å². The van der Waals surface area contributed by atoms with Crippen LogP contribution in [0.15, 0.2) is 21.3 Å². The largest absolute Gasteiger partial charge is 0.461 e. The lowest BCUT2D eigenvalue weighted by molar-refractivity contribution is 0.578. The van der Waals surface area contributed by atoms with E-state index >= 15 is 0 Å². The van der Waals surface area contributed by atoms with Crippen molar-refractivity contribution in [1.29, 1.82) is 0 Å². The number of H-pyrrole nitrogens is 1. The molecule has 0 amide bonds. The molecule has 0 bridgehead atoms. The first kappa shape index (κ1) is 6.48. The van der Waals surface area contributed by atoms with E-state index in [9.17, 15) is 0 Å². The molecule has 3 rings (SSSR count). The van der Waals surface area contributed by atoms with E-state index in [4.69, 9.17) is 4.42 Å². The highest BCUT2D eigenvalue weighted by atomic mass is 79.9. The molecule has 4 heteroatoms. The summed E-state index contributed by atoms with van der Waals surface area (Å²) in [6.07, 6.45) is 4.48. The molecule has 2 heterocycles. The summed E-state index contributed by atoms with van der Waals surface area (Å²) in [5.41, 5.74) is 3.46. The van der Waals surface area contributed by atoms with Gasteiger partial charge in [-0.3, -0.25) is 5.10 Å². The quantitative estimate of drug-likeness (QED) is 0.637. The van der Waals surface area contributed by atoms with Gasteiger partial charge in [-0.1, -0.05) is 0 Å². The van der Waals surface area contributed by atoms with Crippen LogP contribution in [-0.4, -0.2) is 10.2 Å². The number of hydrogen-bond acceptors (Lipinski definition) is 2. The van der Waals surface area contributed by atoms with Gasteiger partial charge in [-0.2, -0.15) is 5.10 Å². The molecule has 0 radical (unpaired) electrons. The molecule has 1 N–H and O–H groups in total. The lowest BCUT2D eigenvalue weighted by Gasteiger charge is -1.86. The van der Waals surface area contributed by atoms with Gasteiger partial charge in [-0.05, 0) is 15.9 Å². The molecule has 2 aromatic rings. The molecule has 0 saturated heterocycles. The number of hydrogen-bond donors (Lipinski definition) is 1. The summed E-state index contributed by atoms with van der Waals surface area (Å²) in [6.45, 7) is 0. The van der Waals surface area contributed by atoms with Crippen LogP contribution in [-0.2, 0) is 6.42 Å². The summed E-state index contributed by atoms with van der Waals surface area (Å²) in [7, 11) is 0. The SMILES string of the molecule is Brc1coc2c1Cc1cn[nH]c1-2. The number of furan rings is 1. The van der Waals surface area contributed by atoms with Crippen LogP contribution in [0.25, 0.3) is 11.5 Å². The molecule has 2 aromatic heterocycles. The second-order valence-corrected chi connectivity index (χ2v) is 3.69. The standard InChI is InChI=1S/C8H5BrN2O/c9-6-3-12-8-5(6)1-4-2-10-11-7(4)8/h2-3H,1H2,(H,10,11). The first-order valence-electron chi connectivity index (χ1n) is 3.65. The second kappa shape index (κ2) is 2.01. The van der Waals surface area contributed by atoms with E-state index in [1.807, 2.05) is 6.20 Å². The lowest BCUT2D eigenvalue weighted by Crippen LogP contribution is -1.76.